The van der Waals surface area contributed by atoms with Gasteiger partial charge in [-0.05, 0) is 110 Å². The van der Waals surface area contributed by atoms with E-state index in [1.54, 1.807) is 5.57 Å². The van der Waals surface area contributed by atoms with E-state index in [0.717, 1.165) is 61.2 Å². The molecule has 4 aliphatic rings. The standard InChI is InChI=1S/C40H72NO9PS/c1-30(2)9-7-10-31(3)35-13-14-36-34-12-11-32-29-33(15-17-39(32,4)37(34)16-18-40(35,36)5)50-38(42)41-19-8-20-45-21-22-46-23-24-47-25-26-48-27-28-49-51(43,52)44-6/h11,30-31,33-37H,7-10,12-29H2,1-6H3,(H,41,42)(H,43,52)/t31-,33+,34+,35-,36+,37+,39+,40-,51?/m1/s1. The van der Waals surface area contributed by atoms with E-state index in [1.165, 1.54) is 58.5 Å². The summed E-state index contributed by atoms with van der Waals surface area (Å²) in [5.41, 5.74) is 2.33. The van der Waals surface area contributed by atoms with Crippen molar-refractivity contribution in [2.45, 2.75) is 118 Å². The molecule has 0 saturated heterocycles. The number of carbonyl (C=O) groups is 1. The van der Waals surface area contributed by atoms with Gasteiger partial charge in [-0.25, -0.2) is 4.79 Å². The molecule has 0 radical (unpaired) electrons. The zero-order valence-electron chi connectivity index (χ0n) is 33.2. The zero-order valence-corrected chi connectivity index (χ0v) is 35.0. The minimum Gasteiger partial charge on any atom is -0.446 e. The Labute approximate surface area is 320 Å². The van der Waals surface area contributed by atoms with E-state index < -0.39 is 6.72 Å². The number of allylic oxidation sites excluding steroid dienone is 1. The molecule has 12 heteroatoms. The van der Waals surface area contributed by atoms with Gasteiger partial charge in [0.05, 0.1) is 52.9 Å². The number of ether oxygens (including phenoxy) is 5. The SMILES string of the molecule is COP(O)(=S)OCCOCCOCCOCCOCCCNC(=O)O[C@H]1CC[C@@]2(C)C(=CC[C@H]3[C@@H]4CC[C@H]([C@H](C)CCCC(C)C)[C@@]4(C)CC[C@@H]32)C1. The number of alkyl carbamates (subject to hydrolysis) is 1. The molecule has 4 aliphatic carbocycles. The molecule has 0 heterocycles. The number of hydrogen-bond donors (Lipinski definition) is 2. The first kappa shape index (κ1) is 44.1. The Morgan fingerprint density at radius 1 is 0.885 bits per heavy atom. The number of fused-ring (bicyclic) bond motifs is 5. The maximum absolute atomic E-state index is 12.7. The summed E-state index contributed by atoms with van der Waals surface area (Å²) in [5.74, 6) is 5.01. The van der Waals surface area contributed by atoms with Crippen molar-refractivity contribution in [3.8, 4) is 0 Å². The fourth-order valence-corrected chi connectivity index (χ4v) is 11.0. The molecular weight excluding hydrogens is 701 g/mol. The lowest BCUT2D eigenvalue weighted by Gasteiger charge is -2.58. The Hall–Kier alpha value is -0.620. The largest absolute Gasteiger partial charge is 0.446 e. The quantitative estimate of drug-likeness (QED) is 0.0563. The number of nitrogens with one attached hydrogen (secondary N) is 1. The predicted molar refractivity (Wildman–Crippen MR) is 209 cm³/mol. The summed E-state index contributed by atoms with van der Waals surface area (Å²) >= 11 is 4.73. The van der Waals surface area contributed by atoms with Crippen LogP contribution in [0, 0.1) is 46.3 Å². The molecule has 3 saturated carbocycles. The molecule has 0 aromatic heterocycles. The van der Waals surface area contributed by atoms with Crippen LogP contribution in [0.3, 0.4) is 0 Å². The third kappa shape index (κ3) is 12.7. The summed E-state index contributed by atoms with van der Waals surface area (Å²) in [6, 6.07) is 0. The lowest BCUT2D eigenvalue weighted by atomic mass is 9.47. The number of amides is 1. The van der Waals surface area contributed by atoms with Crippen LogP contribution < -0.4 is 5.32 Å². The molecule has 0 spiro atoms. The van der Waals surface area contributed by atoms with Gasteiger partial charge >= 0.3 is 12.8 Å². The van der Waals surface area contributed by atoms with Crippen molar-refractivity contribution in [2.24, 2.45) is 46.3 Å². The fourth-order valence-electron chi connectivity index (χ4n) is 10.3. The molecular formula is C40H72NO9PS. The van der Waals surface area contributed by atoms with Crippen molar-refractivity contribution in [3.05, 3.63) is 11.6 Å². The highest BCUT2D eigenvalue weighted by molar-refractivity contribution is 8.07. The van der Waals surface area contributed by atoms with Crippen LogP contribution in [0.2, 0.25) is 0 Å². The van der Waals surface area contributed by atoms with E-state index in [9.17, 15) is 9.69 Å². The Balaban J connectivity index is 1.03. The Kier molecular flexibility index (Phi) is 18.3. The molecule has 1 unspecified atom stereocenters. The van der Waals surface area contributed by atoms with Crippen LogP contribution in [-0.2, 0) is 44.5 Å². The highest BCUT2D eigenvalue weighted by atomic mass is 32.5. The van der Waals surface area contributed by atoms with Crippen LogP contribution in [0.4, 0.5) is 4.79 Å². The highest BCUT2D eigenvalue weighted by Gasteiger charge is 2.59. The van der Waals surface area contributed by atoms with Gasteiger partial charge in [0.1, 0.15) is 6.10 Å². The van der Waals surface area contributed by atoms with Crippen LogP contribution in [0.5, 0.6) is 0 Å². The molecule has 0 aromatic rings. The first-order chi connectivity index (χ1) is 24.9. The molecule has 0 bridgehead atoms. The van der Waals surface area contributed by atoms with Gasteiger partial charge < -0.3 is 42.9 Å². The van der Waals surface area contributed by atoms with Crippen LogP contribution in [0.1, 0.15) is 112 Å². The molecule has 0 aromatic carbocycles. The van der Waals surface area contributed by atoms with Gasteiger partial charge in [-0.15, -0.1) is 0 Å². The van der Waals surface area contributed by atoms with Crippen molar-refractivity contribution >= 4 is 24.6 Å². The Morgan fingerprint density at radius 3 is 2.19 bits per heavy atom. The van der Waals surface area contributed by atoms with Gasteiger partial charge in [-0.2, -0.15) is 0 Å². The van der Waals surface area contributed by atoms with E-state index in [1.807, 2.05) is 0 Å². The van der Waals surface area contributed by atoms with Gasteiger partial charge in [0.25, 0.3) is 0 Å². The Bertz CT molecular complexity index is 1160. The van der Waals surface area contributed by atoms with Gasteiger partial charge in [-0.1, -0.05) is 65.5 Å². The lowest BCUT2D eigenvalue weighted by molar-refractivity contribution is -0.0581. The van der Waals surface area contributed by atoms with E-state index in [4.69, 9.17) is 40.0 Å². The van der Waals surface area contributed by atoms with Crippen molar-refractivity contribution in [2.75, 3.05) is 73.1 Å². The van der Waals surface area contributed by atoms with E-state index in [0.29, 0.717) is 64.8 Å². The Morgan fingerprint density at radius 2 is 1.54 bits per heavy atom. The van der Waals surface area contributed by atoms with E-state index >= 15 is 0 Å². The fraction of sp³-hybridized carbons (Fsp3) is 0.925. The molecule has 3 fully saturated rings. The minimum absolute atomic E-state index is 0.0334. The minimum atomic E-state index is -3.12. The molecule has 4 rings (SSSR count). The third-order valence-electron chi connectivity index (χ3n) is 13.1. The van der Waals surface area contributed by atoms with Crippen molar-refractivity contribution in [1.29, 1.82) is 0 Å². The van der Waals surface area contributed by atoms with Crippen LogP contribution in [-0.4, -0.2) is 90.2 Å². The van der Waals surface area contributed by atoms with Gasteiger partial charge in [-0.3, -0.25) is 0 Å². The average molecular weight is 774 g/mol. The van der Waals surface area contributed by atoms with Crippen molar-refractivity contribution < 1.29 is 42.4 Å². The molecule has 2 N–H and O–H groups in total. The van der Waals surface area contributed by atoms with Gasteiger partial charge in [0, 0.05) is 26.7 Å². The maximum Gasteiger partial charge on any atom is 0.407 e. The summed E-state index contributed by atoms with van der Waals surface area (Å²) in [6.45, 7) is 13.7. The smallest absolute Gasteiger partial charge is 0.407 e. The summed E-state index contributed by atoms with van der Waals surface area (Å²) < 4.78 is 37.6. The molecule has 302 valence electrons. The molecule has 9 atom stereocenters. The molecule has 52 heavy (non-hydrogen) atoms. The van der Waals surface area contributed by atoms with E-state index in [-0.39, 0.29) is 24.2 Å². The lowest BCUT2D eigenvalue weighted by Crippen LogP contribution is -2.51. The number of rotatable bonds is 24. The first-order valence-electron chi connectivity index (χ1n) is 20.4. The van der Waals surface area contributed by atoms with Crippen LogP contribution in [0.15, 0.2) is 11.6 Å². The summed E-state index contributed by atoms with van der Waals surface area (Å²) in [4.78, 5) is 22.1. The second-order valence-corrected chi connectivity index (χ2v) is 19.7. The van der Waals surface area contributed by atoms with Crippen LogP contribution in [0.25, 0.3) is 0 Å². The second kappa shape index (κ2) is 21.6. The highest BCUT2D eigenvalue weighted by Crippen LogP contribution is 2.67. The summed E-state index contributed by atoms with van der Waals surface area (Å²) in [6.07, 6.45) is 16.9. The topological polar surface area (TPSA) is 114 Å². The second-order valence-electron chi connectivity index (χ2n) is 16.8. The molecule has 0 aliphatic heterocycles. The molecule has 10 nitrogen and oxygen atoms in total. The monoisotopic (exact) mass is 773 g/mol. The normalized spacial score (nSPS) is 31.6. The summed E-state index contributed by atoms with van der Waals surface area (Å²) in [7, 11) is 1.32. The van der Waals surface area contributed by atoms with Crippen molar-refractivity contribution in [3.63, 3.8) is 0 Å². The van der Waals surface area contributed by atoms with Crippen LogP contribution >= 0.6 is 6.72 Å². The number of hydrogen-bond acceptors (Lipinski definition) is 9. The van der Waals surface area contributed by atoms with Gasteiger partial charge in [0.15, 0.2) is 0 Å². The van der Waals surface area contributed by atoms with Gasteiger partial charge in [0.2, 0.25) is 0 Å². The maximum atomic E-state index is 12.7. The summed E-state index contributed by atoms with van der Waals surface area (Å²) in [5, 5.41) is 2.93. The molecule has 1 amide bonds. The zero-order chi connectivity index (χ0) is 37.6. The number of carbonyl (C=O) groups excluding carboxylic acids is 1. The first-order valence-corrected chi connectivity index (χ1v) is 23.0. The average Bonchev–Trinajstić information content (AvgIpc) is 3.47. The van der Waals surface area contributed by atoms with E-state index in [2.05, 4.69) is 50.5 Å². The predicted octanol–water partition coefficient (Wildman–Crippen LogP) is 8.46. The third-order valence-corrected chi connectivity index (χ3v) is 14.8. The van der Waals surface area contributed by atoms with Crippen molar-refractivity contribution in [1.82, 2.24) is 5.32 Å².